The van der Waals surface area contributed by atoms with Gasteiger partial charge in [-0.3, -0.25) is 24.3 Å². The average Bonchev–Trinajstić information content (AvgIpc) is 3.56. The second-order valence-corrected chi connectivity index (χ2v) is 9.30. The van der Waals surface area contributed by atoms with Gasteiger partial charge in [0.15, 0.2) is 5.69 Å². The van der Waals surface area contributed by atoms with Crippen LogP contribution in [0.5, 0.6) is 11.5 Å². The van der Waals surface area contributed by atoms with Gasteiger partial charge < -0.3 is 26.3 Å². The predicted octanol–water partition coefficient (Wildman–Crippen LogP) is 2.68. The van der Waals surface area contributed by atoms with Crippen LogP contribution < -0.4 is 31.2 Å². The molecule has 0 spiro atoms. The van der Waals surface area contributed by atoms with Gasteiger partial charge in [0.25, 0.3) is 11.8 Å². The molecule has 0 aliphatic heterocycles. The number of ether oxygens (including phenoxy) is 2. The lowest BCUT2D eigenvalue weighted by atomic mass is 10.0. The third kappa shape index (κ3) is 5.33. The molecule has 1 atom stereocenters. The van der Waals surface area contributed by atoms with Gasteiger partial charge >= 0.3 is 0 Å². The Morgan fingerprint density at radius 2 is 1.81 bits per heavy atom. The summed E-state index contributed by atoms with van der Waals surface area (Å²) in [4.78, 5) is 45.1. The fraction of sp³-hybridized carbons (Fsp3) is 0.320. The molecule has 3 aromatic rings. The molecule has 11 nitrogen and oxygen atoms in total. The van der Waals surface area contributed by atoms with Crippen molar-refractivity contribution in [3.63, 3.8) is 0 Å². The number of amides is 3. The van der Waals surface area contributed by atoms with Crippen LogP contribution in [0.4, 0.5) is 11.4 Å². The number of carbonyl (C=O) groups excluding carboxylic acids is 3. The van der Waals surface area contributed by atoms with Crippen LogP contribution >= 0.6 is 11.5 Å². The number of pyridine rings is 1. The Morgan fingerprint density at radius 3 is 2.41 bits per heavy atom. The van der Waals surface area contributed by atoms with Crippen LogP contribution in [0, 0.1) is 0 Å². The molecular weight excluding hydrogens is 496 g/mol. The van der Waals surface area contributed by atoms with Gasteiger partial charge in [0, 0.05) is 24.5 Å². The molecule has 194 valence electrons. The van der Waals surface area contributed by atoms with E-state index in [-0.39, 0.29) is 28.2 Å². The molecule has 1 saturated carbocycles. The second kappa shape index (κ2) is 11.2. The fourth-order valence-electron chi connectivity index (χ4n) is 4.40. The number of hydrogen-bond donors (Lipinski definition) is 3. The summed E-state index contributed by atoms with van der Waals surface area (Å²) in [5, 5.41) is 3.10. The maximum atomic E-state index is 14.2. The number of hydrogen-bond acceptors (Lipinski definition) is 9. The molecule has 3 amide bonds. The molecule has 0 saturated heterocycles. The lowest BCUT2D eigenvalue weighted by molar-refractivity contribution is -0.123. The third-order valence-electron chi connectivity index (χ3n) is 6.25. The molecule has 1 aromatic carbocycles. The van der Waals surface area contributed by atoms with E-state index in [0.717, 1.165) is 37.2 Å². The minimum atomic E-state index is -1.11. The van der Waals surface area contributed by atoms with Crippen molar-refractivity contribution < 1.29 is 23.9 Å². The Labute approximate surface area is 217 Å². The Hall–Kier alpha value is -4.19. The van der Waals surface area contributed by atoms with Crippen LogP contribution in [0.25, 0.3) is 0 Å². The van der Waals surface area contributed by atoms with Gasteiger partial charge in [0.1, 0.15) is 22.4 Å². The van der Waals surface area contributed by atoms with E-state index in [1.807, 2.05) is 0 Å². The van der Waals surface area contributed by atoms with Crippen molar-refractivity contribution in [3.05, 3.63) is 58.9 Å². The summed E-state index contributed by atoms with van der Waals surface area (Å²) >= 11 is 0.737. The molecule has 2 aromatic heterocycles. The lowest BCUT2D eigenvalue weighted by Crippen LogP contribution is -2.46. The number of nitrogens with one attached hydrogen (secondary N) is 1. The average molecular weight is 525 g/mol. The number of nitrogen functional groups attached to an aromatic ring is 1. The van der Waals surface area contributed by atoms with Crippen molar-refractivity contribution in [2.75, 3.05) is 24.9 Å². The number of aromatic nitrogens is 2. The van der Waals surface area contributed by atoms with Crippen LogP contribution in [0.1, 0.15) is 57.4 Å². The Balaban J connectivity index is 1.90. The normalized spacial score (nSPS) is 14.1. The zero-order chi connectivity index (χ0) is 26.5. The number of primary amides is 1. The molecule has 2 heterocycles. The zero-order valence-electron chi connectivity index (χ0n) is 20.5. The van der Waals surface area contributed by atoms with Crippen molar-refractivity contribution in [2.45, 2.75) is 37.8 Å². The molecule has 5 N–H and O–H groups in total. The number of methoxy groups -OCH3 is 2. The number of nitrogens with zero attached hydrogens (tertiary/aromatic N) is 3. The minimum Gasteiger partial charge on any atom is -0.497 e. The number of rotatable bonds is 9. The van der Waals surface area contributed by atoms with Crippen molar-refractivity contribution in [1.29, 1.82) is 0 Å². The molecule has 1 aliphatic rings. The number of benzene rings is 1. The van der Waals surface area contributed by atoms with Crippen molar-refractivity contribution >= 4 is 40.6 Å². The van der Waals surface area contributed by atoms with Gasteiger partial charge in [-0.2, -0.15) is 4.37 Å². The zero-order valence-corrected chi connectivity index (χ0v) is 21.3. The SMILES string of the molecule is COc1ccc(N(C(=O)c2snc(C(N)=O)c2N)[C@H](C(=O)NC2CCCC2)c2ccncc2)c(OC)c1. The fourth-order valence-corrected chi connectivity index (χ4v) is 5.14. The molecule has 4 rings (SSSR count). The first-order valence-electron chi connectivity index (χ1n) is 11.7. The van der Waals surface area contributed by atoms with E-state index in [0.29, 0.717) is 22.7 Å². The van der Waals surface area contributed by atoms with Gasteiger partial charge in [-0.25, -0.2) is 0 Å². The summed E-state index contributed by atoms with van der Waals surface area (Å²) < 4.78 is 14.9. The van der Waals surface area contributed by atoms with E-state index >= 15 is 0 Å². The molecule has 12 heteroatoms. The van der Waals surface area contributed by atoms with Gasteiger partial charge in [-0.1, -0.05) is 12.8 Å². The summed E-state index contributed by atoms with van der Waals surface area (Å²) in [5.74, 6) is -1.08. The highest BCUT2D eigenvalue weighted by molar-refractivity contribution is 7.09. The molecule has 1 fully saturated rings. The summed E-state index contributed by atoms with van der Waals surface area (Å²) in [6.07, 6.45) is 6.85. The van der Waals surface area contributed by atoms with Crippen LogP contribution in [0.15, 0.2) is 42.7 Å². The maximum absolute atomic E-state index is 14.2. The number of anilines is 2. The van der Waals surface area contributed by atoms with Crippen LogP contribution in [0.3, 0.4) is 0 Å². The van der Waals surface area contributed by atoms with Crippen LogP contribution in [-0.2, 0) is 4.79 Å². The number of carbonyl (C=O) groups is 3. The first-order chi connectivity index (χ1) is 17.8. The monoisotopic (exact) mass is 524 g/mol. The Kier molecular flexibility index (Phi) is 7.87. The van der Waals surface area contributed by atoms with E-state index in [1.54, 1.807) is 42.7 Å². The van der Waals surface area contributed by atoms with Crippen molar-refractivity contribution in [3.8, 4) is 11.5 Å². The van der Waals surface area contributed by atoms with Crippen molar-refractivity contribution in [1.82, 2.24) is 14.7 Å². The highest BCUT2D eigenvalue weighted by Gasteiger charge is 2.38. The lowest BCUT2D eigenvalue weighted by Gasteiger charge is -2.33. The Bertz CT molecular complexity index is 1290. The first kappa shape index (κ1) is 25.9. The van der Waals surface area contributed by atoms with E-state index in [4.69, 9.17) is 20.9 Å². The van der Waals surface area contributed by atoms with Crippen molar-refractivity contribution in [2.24, 2.45) is 5.73 Å². The molecule has 1 aliphatic carbocycles. The van der Waals surface area contributed by atoms with Gasteiger partial charge in [-0.15, -0.1) is 0 Å². The summed E-state index contributed by atoms with van der Waals surface area (Å²) in [5.41, 5.74) is 12.0. The molecule has 0 bridgehead atoms. The quantitative estimate of drug-likeness (QED) is 0.385. The smallest absolute Gasteiger partial charge is 0.273 e. The number of nitrogens with two attached hydrogens (primary N) is 2. The highest BCUT2D eigenvalue weighted by Crippen LogP contribution is 2.40. The standard InChI is InChI=1S/C25H28N6O5S/c1-35-16-7-8-17(18(13-16)36-2)31(25(34)22-19(26)20(23(27)32)30-37-22)21(14-9-11-28-12-10-14)24(33)29-15-5-3-4-6-15/h7-13,15,21H,3-6,26H2,1-2H3,(H2,27,32)(H,29,33)/t21-/m0/s1. The largest absolute Gasteiger partial charge is 0.497 e. The second-order valence-electron chi connectivity index (χ2n) is 8.52. The van der Waals surface area contributed by atoms with Crippen LogP contribution in [-0.4, -0.2) is 47.3 Å². The molecular formula is C25H28N6O5S. The summed E-state index contributed by atoms with van der Waals surface area (Å²) in [6, 6.07) is 7.11. The van der Waals surface area contributed by atoms with E-state index < -0.39 is 17.9 Å². The van der Waals surface area contributed by atoms with Gasteiger partial charge in [0.05, 0.1) is 25.6 Å². The highest BCUT2D eigenvalue weighted by atomic mass is 32.1. The molecule has 37 heavy (non-hydrogen) atoms. The third-order valence-corrected chi connectivity index (χ3v) is 7.10. The summed E-state index contributed by atoms with van der Waals surface area (Å²) in [6.45, 7) is 0. The van der Waals surface area contributed by atoms with E-state index in [9.17, 15) is 14.4 Å². The molecule has 0 radical (unpaired) electrons. The Morgan fingerprint density at radius 1 is 1.11 bits per heavy atom. The molecule has 0 unspecified atom stereocenters. The van der Waals surface area contributed by atoms with Gasteiger partial charge in [0.2, 0.25) is 5.91 Å². The maximum Gasteiger partial charge on any atom is 0.273 e. The minimum absolute atomic E-state index is 0.00138. The van der Waals surface area contributed by atoms with Gasteiger partial charge in [-0.05, 0) is 54.2 Å². The topological polar surface area (TPSA) is 163 Å². The van der Waals surface area contributed by atoms with E-state index in [2.05, 4.69) is 14.7 Å². The predicted molar refractivity (Wildman–Crippen MR) is 139 cm³/mol. The van der Waals surface area contributed by atoms with E-state index in [1.165, 1.54) is 19.1 Å². The first-order valence-corrected chi connectivity index (χ1v) is 12.4. The van der Waals surface area contributed by atoms with Crippen LogP contribution in [0.2, 0.25) is 0 Å². The summed E-state index contributed by atoms with van der Waals surface area (Å²) in [7, 11) is 2.96.